The summed E-state index contributed by atoms with van der Waals surface area (Å²) < 4.78 is 5.46. The van der Waals surface area contributed by atoms with Crippen molar-refractivity contribution in [3.63, 3.8) is 0 Å². The molecule has 6 heteroatoms. The first-order valence-corrected chi connectivity index (χ1v) is 8.69. The third kappa shape index (κ3) is 6.04. The van der Waals surface area contributed by atoms with Crippen molar-refractivity contribution >= 4 is 41.3 Å². The number of guanidine groups is 1. The average Bonchev–Trinajstić information content (AvgIpc) is 3.14. The van der Waals surface area contributed by atoms with Crippen LogP contribution in [0.3, 0.4) is 0 Å². The zero-order chi connectivity index (χ0) is 15.1. The van der Waals surface area contributed by atoms with Crippen molar-refractivity contribution in [2.75, 3.05) is 33.4 Å². The lowest BCUT2D eigenvalue weighted by Gasteiger charge is -2.24. The van der Waals surface area contributed by atoms with Crippen LogP contribution in [0, 0.1) is 5.92 Å². The Hall–Kier alpha value is -0.340. The first kappa shape index (κ1) is 19.7. The number of ether oxygens (including phenoxy) is 1. The summed E-state index contributed by atoms with van der Waals surface area (Å²) in [5.41, 5.74) is 0. The van der Waals surface area contributed by atoms with Gasteiger partial charge in [-0.2, -0.15) is 0 Å². The predicted molar refractivity (Wildman–Crippen MR) is 105 cm³/mol. The Morgan fingerprint density at radius 3 is 2.77 bits per heavy atom. The zero-order valence-electron chi connectivity index (χ0n) is 13.8. The van der Waals surface area contributed by atoms with Crippen LogP contribution in [-0.4, -0.2) is 44.2 Å². The number of hydrogen-bond acceptors (Lipinski definition) is 3. The molecule has 0 bridgehead atoms. The fraction of sp³-hybridized carbons (Fsp3) is 0.688. The molecule has 0 radical (unpaired) electrons. The number of aryl methyl sites for hydroxylation is 1. The molecule has 1 aliphatic heterocycles. The van der Waals surface area contributed by atoms with E-state index in [4.69, 9.17) is 9.73 Å². The van der Waals surface area contributed by atoms with Crippen LogP contribution in [0.5, 0.6) is 0 Å². The van der Waals surface area contributed by atoms with Gasteiger partial charge in [0.2, 0.25) is 0 Å². The maximum Gasteiger partial charge on any atom is 0.194 e. The summed E-state index contributed by atoms with van der Waals surface area (Å²) in [6.07, 6.45) is 2.27. The number of halogens is 1. The third-order valence-electron chi connectivity index (χ3n) is 3.70. The number of hydrogen-bond donors (Lipinski definition) is 1. The molecular weight excluding hydrogens is 409 g/mol. The first-order chi connectivity index (χ1) is 10.2. The Morgan fingerprint density at radius 1 is 1.41 bits per heavy atom. The van der Waals surface area contributed by atoms with Crippen LogP contribution in [0.2, 0.25) is 0 Å². The Labute approximate surface area is 155 Å². The Morgan fingerprint density at radius 2 is 2.18 bits per heavy atom. The van der Waals surface area contributed by atoms with E-state index in [2.05, 4.69) is 43.2 Å². The highest BCUT2D eigenvalue weighted by molar-refractivity contribution is 14.0. The van der Waals surface area contributed by atoms with Gasteiger partial charge in [0.25, 0.3) is 0 Å². The Kier molecular flexibility index (Phi) is 9.35. The minimum atomic E-state index is 0. The predicted octanol–water partition coefficient (Wildman–Crippen LogP) is 3.36. The van der Waals surface area contributed by atoms with Gasteiger partial charge in [0.1, 0.15) is 0 Å². The molecule has 0 amide bonds. The second kappa shape index (κ2) is 10.4. The molecule has 1 fully saturated rings. The van der Waals surface area contributed by atoms with Gasteiger partial charge in [-0.3, -0.25) is 0 Å². The van der Waals surface area contributed by atoms with Gasteiger partial charge in [-0.15, -0.1) is 35.3 Å². The lowest BCUT2D eigenvalue weighted by atomic mass is 10.1. The molecule has 0 saturated carbocycles. The lowest BCUT2D eigenvalue weighted by Crippen LogP contribution is -2.41. The van der Waals surface area contributed by atoms with E-state index < -0.39 is 0 Å². The minimum Gasteiger partial charge on any atom is -0.381 e. The second-order valence-corrected chi connectivity index (χ2v) is 6.75. The standard InChI is InChI=1S/C16H27N3OS.HI/c1-4-14-6-7-15(21-14)10-18-16(17-5-2)19(3)11-13-8-9-20-12-13;/h6-7,13H,4-5,8-12H2,1-3H3,(H,17,18);1H. The molecule has 4 nitrogen and oxygen atoms in total. The Balaban J connectivity index is 0.00000242. The SMILES string of the molecule is CCNC(=NCc1ccc(CC)s1)N(C)CC1CCOC1.I. The normalized spacial score (nSPS) is 18.1. The summed E-state index contributed by atoms with van der Waals surface area (Å²) in [5.74, 6) is 1.63. The molecule has 22 heavy (non-hydrogen) atoms. The van der Waals surface area contributed by atoms with Crippen LogP contribution in [-0.2, 0) is 17.7 Å². The van der Waals surface area contributed by atoms with Gasteiger partial charge in [0, 0.05) is 42.4 Å². The monoisotopic (exact) mass is 437 g/mol. The van der Waals surface area contributed by atoms with E-state index in [0.29, 0.717) is 5.92 Å². The number of rotatable bonds is 6. The maximum absolute atomic E-state index is 5.46. The van der Waals surface area contributed by atoms with Gasteiger partial charge in [0.05, 0.1) is 13.2 Å². The van der Waals surface area contributed by atoms with Crippen LogP contribution in [0.15, 0.2) is 17.1 Å². The first-order valence-electron chi connectivity index (χ1n) is 7.87. The molecule has 1 aromatic rings. The van der Waals surface area contributed by atoms with Gasteiger partial charge in [-0.1, -0.05) is 6.92 Å². The summed E-state index contributed by atoms with van der Waals surface area (Å²) in [7, 11) is 2.12. The van der Waals surface area contributed by atoms with Gasteiger partial charge in [0.15, 0.2) is 5.96 Å². The minimum absolute atomic E-state index is 0. The molecule has 1 saturated heterocycles. The second-order valence-electron chi connectivity index (χ2n) is 5.50. The quantitative estimate of drug-likeness (QED) is 0.421. The van der Waals surface area contributed by atoms with Gasteiger partial charge in [-0.05, 0) is 31.9 Å². The van der Waals surface area contributed by atoms with Crippen LogP contribution < -0.4 is 5.32 Å². The number of thiophene rings is 1. The van der Waals surface area contributed by atoms with E-state index >= 15 is 0 Å². The van der Waals surface area contributed by atoms with E-state index in [1.807, 2.05) is 11.3 Å². The van der Waals surface area contributed by atoms with E-state index in [0.717, 1.165) is 51.6 Å². The summed E-state index contributed by atoms with van der Waals surface area (Å²) in [5, 5.41) is 3.39. The molecular formula is C16H28IN3OS. The summed E-state index contributed by atoms with van der Waals surface area (Å²) in [6.45, 7) is 8.77. The molecule has 126 valence electrons. The lowest BCUT2D eigenvalue weighted by molar-refractivity contribution is 0.181. The van der Waals surface area contributed by atoms with Crippen LogP contribution in [0.25, 0.3) is 0 Å². The highest BCUT2D eigenvalue weighted by Gasteiger charge is 2.19. The van der Waals surface area contributed by atoms with Gasteiger partial charge >= 0.3 is 0 Å². The van der Waals surface area contributed by atoms with Crippen molar-refractivity contribution in [1.29, 1.82) is 0 Å². The Bertz CT molecular complexity index is 458. The fourth-order valence-corrected chi connectivity index (χ4v) is 3.40. The van der Waals surface area contributed by atoms with Gasteiger partial charge < -0.3 is 15.0 Å². The molecule has 1 aromatic heterocycles. The highest BCUT2D eigenvalue weighted by Crippen LogP contribution is 2.18. The van der Waals surface area contributed by atoms with Crippen molar-refractivity contribution in [2.45, 2.75) is 33.2 Å². The van der Waals surface area contributed by atoms with Gasteiger partial charge in [-0.25, -0.2) is 4.99 Å². The molecule has 1 atom stereocenters. The van der Waals surface area contributed by atoms with E-state index in [1.165, 1.54) is 9.75 Å². The van der Waals surface area contributed by atoms with E-state index in [9.17, 15) is 0 Å². The highest BCUT2D eigenvalue weighted by atomic mass is 127. The summed E-state index contributed by atoms with van der Waals surface area (Å²) in [6, 6.07) is 4.41. The summed E-state index contributed by atoms with van der Waals surface area (Å²) >= 11 is 1.86. The van der Waals surface area contributed by atoms with Crippen LogP contribution >= 0.6 is 35.3 Å². The molecule has 2 rings (SSSR count). The number of nitrogens with zero attached hydrogens (tertiary/aromatic N) is 2. The molecule has 0 aliphatic carbocycles. The third-order valence-corrected chi connectivity index (χ3v) is 4.92. The number of aliphatic imine (C=N–C) groups is 1. The van der Waals surface area contributed by atoms with Crippen molar-refractivity contribution in [2.24, 2.45) is 10.9 Å². The maximum atomic E-state index is 5.46. The van der Waals surface area contributed by atoms with Crippen molar-refractivity contribution in [3.8, 4) is 0 Å². The molecule has 1 unspecified atom stereocenters. The largest absolute Gasteiger partial charge is 0.381 e. The van der Waals surface area contributed by atoms with Crippen molar-refractivity contribution in [3.05, 3.63) is 21.9 Å². The molecule has 1 aliphatic rings. The molecule has 1 N–H and O–H groups in total. The summed E-state index contributed by atoms with van der Waals surface area (Å²) in [4.78, 5) is 9.77. The zero-order valence-corrected chi connectivity index (χ0v) is 16.9. The molecule has 0 spiro atoms. The molecule has 0 aromatic carbocycles. The van der Waals surface area contributed by atoms with Crippen LogP contribution in [0.1, 0.15) is 30.0 Å². The van der Waals surface area contributed by atoms with Crippen molar-refractivity contribution < 1.29 is 4.74 Å². The van der Waals surface area contributed by atoms with E-state index in [1.54, 1.807) is 0 Å². The molecule has 2 heterocycles. The van der Waals surface area contributed by atoms with Crippen LogP contribution in [0.4, 0.5) is 0 Å². The topological polar surface area (TPSA) is 36.9 Å². The number of nitrogens with one attached hydrogen (secondary N) is 1. The smallest absolute Gasteiger partial charge is 0.194 e. The fourth-order valence-electron chi connectivity index (χ4n) is 2.52. The average molecular weight is 437 g/mol. The van der Waals surface area contributed by atoms with Crippen molar-refractivity contribution in [1.82, 2.24) is 10.2 Å². The van der Waals surface area contributed by atoms with E-state index in [-0.39, 0.29) is 24.0 Å².